The van der Waals surface area contributed by atoms with Gasteiger partial charge in [-0.25, -0.2) is 9.48 Å². The van der Waals surface area contributed by atoms with Crippen molar-refractivity contribution in [3.63, 3.8) is 0 Å². The fourth-order valence-corrected chi connectivity index (χ4v) is 4.56. The number of aromatic nitrogens is 5. The van der Waals surface area contributed by atoms with E-state index in [0.29, 0.717) is 47.2 Å². The average Bonchev–Trinajstić information content (AvgIpc) is 3.69. The van der Waals surface area contributed by atoms with Crippen LogP contribution in [0.1, 0.15) is 32.0 Å². The van der Waals surface area contributed by atoms with Crippen molar-refractivity contribution in [1.82, 2.24) is 30.1 Å². The number of hydrogen-bond acceptors (Lipinski definition) is 8. The van der Waals surface area contributed by atoms with Crippen LogP contribution in [-0.4, -0.2) is 67.5 Å². The molecule has 14 heteroatoms. The van der Waals surface area contributed by atoms with Gasteiger partial charge in [-0.15, -0.1) is 5.10 Å². The lowest BCUT2D eigenvalue weighted by atomic mass is 10.1. The Hall–Kier alpha value is -5.86. The molecule has 5 rings (SSSR count). The minimum absolute atomic E-state index is 0.192. The Morgan fingerprint density at radius 2 is 1.62 bits per heavy atom. The molecule has 0 spiro atoms. The van der Waals surface area contributed by atoms with Gasteiger partial charge in [-0.3, -0.25) is 14.3 Å². The maximum Gasteiger partial charge on any atom is 0.404 e. The number of ether oxygens (including phenoxy) is 2. The van der Waals surface area contributed by atoms with E-state index < -0.39 is 6.09 Å². The Balaban J connectivity index is 1.11. The molecule has 242 valence electrons. The van der Waals surface area contributed by atoms with E-state index in [1.807, 2.05) is 42.5 Å². The Morgan fingerprint density at radius 3 is 2.40 bits per heavy atom. The standard InChI is InChI=1S/C33H34N8O6/c1-40-30(36-31(42)24-7-3-2-4-8-24)19-29(38-40)23-11-13-26(14-12-23)35-32(43)28-10-6-5-9-25(28)21-47-22-27-20-41(39-37-27)16-18-46-17-15-34-33(44)45/h2-14,19-20,34H,15-18,21-22H2,1H3,(H,35,43)(H,36,42)(H,44,45). The van der Waals surface area contributed by atoms with Crippen LogP contribution in [0.3, 0.4) is 0 Å². The monoisotopic (exact) mass is 638 g/mol. The van der Waals surface area contributed by atoms with Crippen LogP contribution in [-0.2, 0) is 36.3 Å². The van der Waals surface area contributed by atoms with Crippen molar-refractivity contribution in [2.75, 3.05) is 30.4 Å². The van der Waals surface area contributed by atoms with Gasteiger partial charge in [-0.2, -0.15) is 5.10 Å². The van der Waals surface area contributed by atoms with Crippen molar-refractivity contribution in [3.8, 4) is 11.3 Å². The highest BCUT2D eigenvalue weighted by atomic mass is 16.5. The van der Waals surface area contributed by atoms with Gasteiger partial charge in [0.25, 0.3) is 11.8 Å². The highest BCUT2D eigenvalue weighted by molar-refractivity contribution is 6.05. The second-order valence-corrected chi connectivity index (χ2v) is 10.4. The SMILES string of the molecule is Cn1nc(-c2ccc(NC(=O)c3ccccc3COCc3cn(CCOCCNC(=O)O)nn3)cc2)cc1NC(=O)c1ccccc1. The van der Waals surface area contributed by atoms with Crippen molar-refractivity contribution >= 4 is 29.4 Å². The molecular formula is C33H34N8O6. The number of carbonyl (C=O) groups excluding carboxylic acids is 2. The fourth-order valence-electron chi connectivity index (χ4n) is 4.56. The molecule has 0 saturated carbocycles. The highest BCUT2D eigenvalue weighted by Gasteiger charge is 2.14. The van der Waals surface area contributed by atoms with Crippen LogP contribution in [0.5, 0.6) is 0 Å². The Morgan fingerprint density at radius 1 is 0.851 bits per heavy atom. The van der Waals surface area contributed by atoms with E-state index in [0.717, 1.165) is 11.1 Å². The van der Waals surface area contributed by atoms with Gasteiger partial charge in [0.15, 0.2) is 0 Å². The molecule has 2 heterocycles. The number of amides is 3. The fraction of sp³-hybridized carbons (Fsp3) is 0.212. The lowest BCUT2D eigenvalue weighted by Gasteiger charge is -2.11. The maximum absolute atomic E-state index is 13.2. The molecule has 0 aliphatic heterocycles. The van der Waals surface area contributed by atoms with E-state index in [2.05, 4.69) is 31.4 Å². The Labute approximate surface area is 270 Å². The summed E-state index contributed by atoms with van der Waals surface area (Å²) in [5, 5.41) is 29.3. The van der Waals surface area contributed by atoms with Crippen molar-refractivity contribution in [2.45, 2.75) is 19.8 Å². The number of rotatable bonds is 15. The quantitative estimate of drug-likeness (QED) is 0.123. The number of carboxylic acid groups (broad SMARTS) is 1. The highest BCUT2D eigenvalue weighted by Crippen LogP contribution is 2.24. The molecule has 0 atom stereocenters. The third-order valence-electron chi connectivity index (χ3n) is 6.94. The number of benzene rings is 3. The van der Waals surface area contributed by atoms with Gasteiger partial charge in [-0.05, 0) is 35.9 Å². The molecule has 0 aliphatic rings. The first kappa shape index (κ1) is 32.5. The summed E-state index contributed by atoms with van der Waals surface area (Å²) in [7, 11) is 1.76. The lowest BCUT2D eigenvalue weighted by Crippen LogP contribution is -2.25. The Kier molecular flexibility index (Phi) is 11.0. The second kappa shape index (κ2) is 15.9. The van der Waals surface area contributed by atoms with Crippen LogP contribution < -0.4 is 16.0 Å². The molecule has 0 saturated heterocycles. The van der Waals surface area contributed by atoms with E-state index in [-0.39, 0.29) is 38.2 Å². The average molecular weight is 639 g/mol. The second-order valence-electron chi connectivity index (χ2n) is 10.4. The van der Waals surface area contributed by atoms with Gasteiger partial charge in [0.2, 0.25) is 0 Å². The first-order valence-electron chi connectivity index (χ1n) is 14.8. The van der Waals surface area contributed by atoms with E-state index in [4.69, 9.17) is 14.6 Å². The van der Waals surface area contributed by atoms with Crippen LogP contribution in [0.4, 0.5) is 16.3 Å². The van der Waals surface area contributed by atoms with E-state index in [1.165, 1.54) is 0 Å². The molecule has 0 unspecified atom stereocenters. The van der Waals surface area contributed by atoms with Crippen LogP contribution >= 0.6 is 0 Å². The van der Waals surface area contributed by atoms with Crippen LogP contribution in [0, 0.1) is 0 Å². The third-order valence-corrected chi connectivity index (χ3v) is 6.94. The minimum Gasteiger partial charge on any atom is -0.465 e. The summed E-state index contributed by atoms with van der Waals surface area (Å²) in [6, 6.07) is 25.3. The van der Waals surface area contributed by atoms with Gasteiger partial charge in [0.05, 0.1) is 44.9 Å². The predicted molar refractivity (Wildman–Crippen MR) is 173 cm³/mol. The van der Waals surface area contributed by atoms with Gasteiger partial charge >= 0.3 is 6.09 Å². The predicted octanol–water partition coefficient (Wildman–Crippen LogP) is 4.18. The molecular weight excluding hydrogens is 604 g/mol. The molecule has 5 aromatic rings. The molecule has 0 bridgehead atoms. The van der Waals surface area contributed by atoms with Crippen LogP contribution in [0.2, 0.25) is 0 Å². The van der Waals surface area contributed by atoms with E-state index >= 15 is 0 Å². The summed E-state index contributed by atoms with van der Waals surface area (Å²) in [6.07, 6.45) is 0.655. The molecule has 0 aliphatic carbocycles. The largest absolute Gasteiger partial charge is 0.465 e. The minimum atomic E-state index is -1.09. The molecule has 3 aromatic carbocycles. The van der Waals surface area contributed by atoms with Crippen LogP contribution in [0.15, 0.2) is 91.1 Å². The molecule has 0 fully saturated rings. The summed E-state index contributed by atoms with van der Waals surface area (Å²) in [5.41, 5.74) is 4.49. The van der Waals surface area contributed by atoms with Gasteiger partial charge in [-0.1, -0.05) is 53.7 Å². The first-order chi connectivity index (χ1) is 22.9. The molecule has 0 radical (unpaired) electrons. The van der Waals surface area contributed by atoms with Crippen LogP contribution in [0.25, 0.3) is 11.3 Å². The molecule has 47 heavy (non-hydrogen) atoms. The third kappa shape index (κ3) is 9.32. The Bertz CT molecular complexity index is 1800. The van der Waals surface area contributed by atoms with Crippen molar-refractivity contribution < 1.29 is 29.0 Å². The summed E-state index contributed by atoms with van der Waals surface area (Å²) >= 11 is 0. The summed E-state index contributed by atoms with van der Waals surface area (Å²) in [4.78, 5) is 36.2. The zero-order valence-electron chi connectivity index (χ0n) is 25.6. The maximum atomic E-state index is 13.2. The number of nitrogens with zero attached hydrogens (tertiary/aromatic N) is 5. The molecule has 4 N–H and O–H groups in total. The normalized spacial score (nSPS) is 10.8. The first-order valence-corrected chi connectivity index (χ1v) is 14.8. The van der Waals surface area contributed by atoms with Gasteiger partial charge in [0, 0.05) is 42.0 Å². The van der Waals surface area contributed by atoms with Crippen molar-refractivity contribution in [2.24, 2.45) is 7.05 Å². The van der Waals surface area contributed by atoms with Gasteiger partial charge in [0.1, 0.15) is 11.5 Å². The molecule has 2 aromatic heterocycles. The van der Waals surface area contributed by atoms with Crippen molar-refractivity contribution in [3.05, 3.63) is 114 Å². The number of anilines is 2. The topological polar surface area (TPSA) is 175 Å². The number of carbonyl (C=O) groups is 3. The van der Waals surface area contributed by atoms with Gasteiger partial charge < -0.3 is 30.5 Å². The molecule has 3 amide bonds. The molecule has 14 nitrogen and oxygen atoms in total. The van der Waals surface area contributed by atoms with E-state index in [9.17, 15) is 14.4 Å². The number of aryl methyl sites for hydroxylation is 1. The number of hydrogen-bond donors (Lipinski definition) is 4. The van der Waals surface area contributed by atoms with E-state index in [1.54, 1.807) is 65.1 Å². The zero-order valence-corrected chi connectivity index (χ0v) is 25.6. The summed E-state index contributed by atoms with van der Waals surface area (Å²) < 4.78 is 14.4. The summed E-state index contributed by atoms with van der Waals surface area (Å²) in [6.45, 7) is 1.68. The summed E-state index contributed by atoms with van der Waals surface area (Å²) in [5.74, 6) is 0.0642. The van der Waals surface area contributed by atoms with Crippen molar-refractivity contribution in [1.29, 1.82) is 0 Å². The lowest BCUT2D eigenvalue weighted by molar-refractivity contribution is 0.0973. The smallest absolute Gasteiger partial charge is 0.404 e. The number of nitrogens with one attached hydrogen (secondary N) is 3. The zero-order chi connectivity index (χ0) is 33.0.